The molecule has 0 N–H and O–H groups in total. The number of likely N-dealkylation sites (tertiary alicyclic amines) is 3. The zero-order valence-electron chi connectivity index (χ0n) is 49.3. The Hall–Kier alpha value is -5.51. The maximum atomic E-state index is 12.9. The minimum absolute atomic E-state index is 0.0160. The summed E-state index contributed by atoms with van der Waals surface area (Å²) in [4.78, 5) is 71.4. The van der Waals surface area contributed by atoms with Crippen LogP contribution in [0.1, 0.15) is 122 Å². The lowest BCUT2D eigenvalue weighted by Crippen LogP contribution is -2.55. The first-order chi connectivity index (χ1) is 40.2. The van der Waals surface area contributed by atoms with E-state index in [9.17, 15) is 76.7 Å². The molecule has 2 spiro atoms. The largest absolute Gasteiger partial charge is 0.444 e. The van der Waals surface area contributed by atoms with Gasteiger partial charge in [-0.05, 0) is 141 Å². The van der Waals surface area contributed by atoms with Crippen LogP contribution in [0.15, 0.2) is 36.4 Å². The Bertz CT molecular complexity index is 2640. The highest BCUT2D eigenvalue weighted by Crippen LogP contribution is 2.47. The fraction of sp³-hybridized carbons (Fsp3) is 0.702. The molecule has 0 bridgehead atoms. The fourth-order valence-electron chi connectivity index (χ4n) is 11.7. The normalized spacial score (nSPS) is 19.6. The molecule has 6 fully saturated rings. The minimum atomic E-state index is -5.76. The van der Waals surface area contributed by atoms with Crippen LogP contribution in [0, 0.1) is 5.41 Å². The van der Waals surface area contributed by atoms with Crippen LogP contribution in [-0.2, 0) is 25.5 Å². The number of alkyl halides is 12. The summed E-state index contributed by atoms with van der Waals surface area (Å²) in [5, 5.41) is 1.16. The van der Waals surface area contributed by atoms with E-state index < -0.39 is 60.3 Å². The van der Waals surface area contributed by atoms with E-state index in [2.05, 4.69) is 24.2 Å². The number of carbonyl (C=O) groups excluding carboxylic acids is 5. The molecular weight excluding hydrogens is 1230 g/mol. The van der Waals surface area contributed by atoms with Gasteiger partial charge in [0.2, 0.25) is 0 Å². The van der Waals surface area contributed by atoms with Crippen molar-refractivity contribution in [2.75, 3.05) is 94.9 Å². The Balaban J connectivity index is 0.000000230. The fourth-order valence-corrected chi connectivity index (χ4v) is 12.0. The molecule has 87 heavy (non-hydrogen) atoms. The molecule has 2 aromatic rings. The number of piperidine rings is 2. The number of rotatable bonds is 7. The van der Waals surface area contributed by atoms with E-state index in [0.29, 0.717) is 100 Å². The smallest absolute Gasteiger partial charge is 0.434 e. The number of carbonyl (C=O) groups is 5. The standard InChI is InChI=1S/C28H37ClF6N4O4.C16H21ClN2O3.C13H17F6NO2/c1-25(2,3)43-24(41)38-15-13-36(14-16-38)21-17-20(29)6-5-19(21)18-39-10-4-7-26(39)8-11-37(12-9-26)23(40)42-22(27(30,31)32)28(33,34)35;1-16(2,3)22-15(21)19-8-6-18(7-9-19)14-10-13(17)5-4-12(14)11-20;14-12(15,16)9(13(17,18)19)22-10(21)20-7-5-11(6-8-20)3-1-2-4-11/h5-6,17,22H,4,7-16,18H2,1-3H3;4-5,10-11H,6-9H2,1-3H3;9H,1-8H2. The molecular formula is C57H75Cl2F12N7O9. The summed E-state index contributed by atoms with van der Waals surface area (Å²) in [7, 11) is 0. The van der Waals surface area contributed by atoms with Crippen molar-refractivity contribution in [2.24, 2.45) is 5.41 Å². The molecule has 490 valence electrons. The van der Waals surface area contributed by atoms with Crippen LogP contribution in [0.5, 0.6) is 0 Å². The number of hydrogen-bond donors (Lipinski definition) is 0. The van der Waals surface area contributed by atoms with E-state index in [1.54, 1.807) is 34.1 Å². The van der Waals surface area contributed by atoms with Crippen molar-refractivity contribution in [3.8, 4) is 0 Å². The van der Waals surface area contributed by atoms with Gasteiger partial charge in [-0.1, -0.05) is 42.1 Å². The van der Waals surface area contributed by atoms with Gasteiger partial charge in [0, 0.05) is 118 Å². The number of piperazine rings is 2. The summed E-state index contributed by atoms with van der Waals surface area (Å²) in [5.41, 5.74) is 2.03. The van der Waals surface area contributed by atoms with Gasteiger partial charge in [0.1, 0.15) is 11.2 Å². The third-order valence-corrected chi connectivity index (χ3v) is 16.6. The highest BCUT2D eigenvalue weighted by molar-refractivity contribution is 6.31. The number of halogens is 14. The zero-order valence-corrected chi connectivity index (χ0v) is 50.8. The number of hydrogen-bond acceptors (Lipinski definition) is 12. The summed E-state index contributed by atoms with van der Waals surface area (Å²) in [5.74, 6) is 0. The molecule has 5 heterocycles. The van der Waals surface area contributed by atoms with Gasteiger partial charge < -0.3 is 48.3 Å². The Kier molecular flexibility index (Phi) is 22.8. The van der Waals surface area contributed by atoms with Gasteiger partial charge in [0.15, 0.2) is 6.29 Å². The second-order valence-electron chi connectivity index (χ2n) is 24.6. The SMILES string of the molecule is CC(C)(C)OC(=O)N1CCN(c2cc(Cl)ccc2C=O)CC1.CC(C)(C)OC(=O)N1CCN(c2cc(Cl)ccc2CN2CCCC23CCN(C(=O)OC(C(F)(F)F)C(F)(F)F)CC3)CC1.O=C(OC(C(F)(F)F)C(F)(F)F)N1CCC2(CCCC2)CC1. The molecule has 0 unspecified atom stereocenters. The molecule has 0 aromatic heterocycles. The molecule has 30 heteroatoms. The highest BCUT2D eigenvalue weighted by atomic mass is 35.5. The van der Waals surface area contributed by atoms with Gasteiger partial charge in [-0.25, -0.2) is 19.2 Å². The minimum Gasteiger partial charge on any atom is -0.444 e. The second-order valence-corrected chi connectivity index (χ2v) is 25.5. The van der Waals surface area contributed by atoms with Crippen LogP contribution in [0.3, 0.4) is 0 Å². The van der Waals surface area contributed by atoms with Crippen molar-refractivity contribution in [1.29, 1.82) is 0 Å². The monoisotopic (exact) mass is 1300 g/mol. The van der Waals surface area contributed by atoms with Crippen molar-refractivity contribution in [3.63, 3.8) is 0 Å². The number of amides is 4. The van der Waals surface area contributed by atoms with Crippen molar-refractivity contribution in [2.45, 2.75) is 166 Å². The molecule has 5 saturated heterocycles. The van der Waals surface area contributed by atoms with Crippen molar-refractivity contribution < 1.29 is 95.6 Å². The summed E-state index contributed by atoms with van der Waals surface area (Å²) in [6, 6.07) is 10.8. The van der Waals surface area contributed by atoms with Gasteiger partial charge in [-0.15, -0.1) is 0 Å². The van der Waals surface area contributed by atoms with Crippen LogP contribution < -0.4 is 9.80 Å². The number of aldehydes is 1. The van der Waals surface area contributed by atoms with E-state index >= 15 is 0 Å². The topological polar surface area (TPSA) is 145 Å². The first-order valence-electron chi connectivity index (χ1n) is 28.6. The van der Waals surface area contributed by atoms with Gasteiger partial charge in [0.05, 0.1) is 0 Å². The predicted molar refractivity (Wildman–Crippen MR) is 298 cm³/mol. The molecule has 16 nitrogen and oxygen atoms in total. The first kappa shape index (κ1) is 70.6. The maximum absolute atomic E-state index is 12.9. The average Bonchev–Trinajstić information content (AvgIpc) is 2.66. The lowest BCUT2D eigenvalue weighted by atomic mass is 9.77. The lowest BCUT2D eigenvalue weighted by molar-refractivity contribution is -0.309. The molecule has 1 aliphatic carbocycles. The van der Waals surface area contributed by atoms with Gasteiger partial charge in [-0.2, -0.15) is 52.7 Å². The summed E-state index contributed by atoms with van der Waals surface area (Å²) in [6.45, 7) is 17.0. The molecule has 8 rings (SSSR count). The molecule has 6 aliphatic rings. The summed E-state index contributed by atoms with van der Waals surface area (Å²) in [6.07, 6.45) is -26.3. The van der Waals surface area contributed by atoms with E-state index in [1.165, 1.54) is 0 Å². The van der Waals surface area contributed by atoms with Crippen LogP contribution in [0.2, 0.25) is 10.0 Å². The number of benzene rings is 2. The van der Waals surface area contributed by atoms with Gasteiger partial charge in [-0.3, -0.25) is 9.69 Å². The van der Waals surface area contributed by atoms with Gasteiger partial charge in [0.25, 0.3) is 12.2 Å². The molecule has 0 atom stereocenters. The lowest BCUT2D eigenvalue weighted by Gasteiger charge is -2.45. The molecule has 5 aliphatic heterocycles. The number of nitrogens with zero attached hydrogens (tertiary/aromatic N) is 7. The van der Waals surface area contributed by atoms with Crippen LogP contribution in [0.25, 0.3) is 0 Å². The molecule has 4 amide bonds. The Morgan fingerprint density at radius 1 is 0.483 bits per heavy atom. The summed E-state index contributed by atoms with van der Waals surface area (Å²) >= 11 is 12.4. The van der Waals surface area contributed by atoms with Crippen LogP contribution in [-0.4, -0.2) is 194 Å². The van der Waals surface area contributed by atoms with Gasteiger partial charge >= 0.3 is 49.1 Å². The molecule has 0 radical (unpaired) electrons. The Morgan fingerprint density at radius 2 is 0.862 bits per heavy atom. The maximum Gasteiger partial charge on any atom is 0.434 e. The molecule has 1 saturated carbocycles. The third kappa shape index (κ3) is 19.7. The number of ether oxygens (including phenoxy) is 4. The third-order valence-electron chi connectivity index (χ3n) is 16.1. The van der Waals surface area contributed by atoms with Crippen molar-refractivity contribution in [1.82, 2.24) is 24.5 Å². The molecule has 2 aromatic carbocycles. The average molecular weight is 1300 g/mol. The quantitative estimate of drug-likeness (QED) is 0.148. The van der Waals surface area contributed by atoms with E-state index in [4.69, 9.17) is 32.7 Å². The van der Waals surface area contributed by atoms with Crippen molar-refractivity contribution >= 4 is 65.2 Å². The second kappa shape index (κ2) is 28.1. The van der Waals surface area contributed by atoms with E-state index in [-0.39, 0.29) is 49.3 Å². The number of anilines is 2. The van der Waals surface area contributed by atoms with E-state index in [0.717, 1.165) is 78.1 Å². The Labute approximate surface area is 507 Å². The van der Waals surface area contributed by atoms with Crippen molar-refractivity contribution in [3.05, 3.63) is 57.6 Å². The predicted octanol–water partition coefficient (Wildman–Crippen LogP) is 13.9. The Morgan fingerprint density at radius 3 is 1.26 bits per heavy atom. The van der Waals surface area contributed by atoms with Crippen LogP contribution in [0.4, 0.5) is 83.2 Å². The zero-order chi connectivity index (χ0) is 64.7. The summed E-state index contributed by atoms with van der Waals surface area (Å²) < 4.78 is 170. The van der Waals surface area contributed by atoms with Crippen LogP contribution >= 0.6 is 23.2 Å². The van der Waals surface area contributed by atoms with E-state index in [1.807, 2.05) is 53.7 Å². The first-order valence-corrected chi connectivity index (χ1v) is 29.4. The highest BCUT2D eigenvalue weighted by Gasteiger charge is 2.62.